The number of carbonyl (C=O) groups excluding carboxylic acids is 1. The van der Waals surface area contributed by atoms with Gasteiger partial charge in [-0.2, -0.15) is 0 Å². The highest BCUT2D eigenvalue weighted by atomic mass is 16.6. The monoisotopic (exact) mass is 225 g/mol. The maximum absolute atomic E-state index is 12.0. The van der Waals surface area contributed by atoms with Crippen LogP contribution in [0.2, 0.25) is 0 Å². The average Bonchev–Trinajstić information content (AvgIpc) is 2.44. The molecule has 1 unspecified atom stereocenters. The van der Waals surface area contributed by atoms with Crippen molar-refractivity contribution in [1.29, 1.82) is 0 Å². The Kier molecular flexibility index (Phi) is 4.00. The molecule has 1 heterocycles. The van der Waals surface area contributed by atoms with Crippen LogP contribution in [0.1, 0.15) is 47.0 Å². The van der Waals surface area contributed by atoms with Gasteiger partial charge in [-0.1, -0.05) is 6.08 Å². The van der Waals surface area contributed by atoms with Crippen LogP contribution in [0.5, 0.6) is 0 Å². The molecule has 0 aromatic heterocycles. The maximum atomic E-state index is 12.0. The molecule has 1 aliphatic rings. The number of rotatable bonds is 2. The second-order valence-corrected chi connectivity index (χ2v) is 5.49. The minimum absolute atomic E-state index is 0.190. The summed E-state index contributed by atoms with van der Waals surface area (Å²) in [5.41, 5.74) is -0.419. The summed E-state index contributed by atoms with van der Waals surface area (Å²) in [7, 11) is 0. The molecule has 0 spiro atoms. The third-order valence-electron chi connectivity index (χ3n) is 2.83. The van der Waals surface area contributed by atoms with E-state index in [2.05, 4.69) is 13.5 Å². The molecule has 1 fully saturated rings. The Morgan fingerprint density at radius 3 is 2.62 bits per heavy atom. The minimum Gasteiger partial charge on any atom is -0.444 e. The van der Waals surface area contributed by atoms with Crippen LogP contribution >= 0.6 is 0 Å². The van der Waals surface area contributed by atoms with E-state index in [-0.39, 0.29) is 18.2 Å². The van der Waals surface area contributed by atoms with Crippen LogP contribution in [-0.4, -0.2) is 28.7 Å². The summed E-state index contributed by atoms with van der Waals surface area (Å²) in [6.45, 7) is 11.5. The second kappa shape index (κ2) is 4.89. The molecule has 0 aromatic carbocycles. The SMILES string of the molecule is C=CCC1CC[C@@H](C)N1C(=O)OC(C)(C)C. The first-order chi connectivity index (χ1) is 7.35. The van der Waals surface area contributed by atoms with Crippen molar-refractivity contribution in [2.24, 2.45) is 0 Å². The molecule has 0 N–H and O–H groups in total. The van der Waals surface area contributed by atoms with Crippen molar-refractivity contribution in [2.75, 3.05) is 0 Å². The predicted octanol–water partition coefficient (Wildman–Crippen LogP) is 3.35. The lowest BCUT2D eigenvalue weighted by Gasteiger charge is -2.31. The van der Waals surface area contributed by atoms with E-state index >= 15 is 0 Å². The molecule has 3 nitrogen and oxygen atoms in total. The summed E-state index contributed by atoms with van der Waals surface area (Å²) in [6.07, 6.45) is 4.64. The number of carbonyl (C=O) groups is 1. The van der Waals surface area contributed by atoms with Crippen molar-refractivity contribution in [3.05, 3.63) is 12.7 Å². The van der Waals surface area contributed by atoms with E-state index in [4.69, 9.17) is 4.74 Å². The molecule has 0 saturated carbocycles. The number of likely N-dealkylation sites (tertiary alicyclic amines) is 1. The van der Waals surface area contributed by atoms with Crippen LogP contribution in [0.4, 0.5) is 4.79 Å². The van der Waals surface area contributed by atoms with Crippen LogP contribution in [0.15, 0.2) is 12.7 Å². The van der Waals surface area contributed by atoms with Gasteiger partial charge in [0.1, 0.15) is 5.60 Å². The first kappa shape index (κ1) is 13.1. The van der Waals surface area contributed by atoms with Gasteiger partial charge in [0.2, 0.25) is 0 Å². The van der Waals surface area contributed by atoms with Crippen molar-refractivity contribution in [3.63, 3.8) is 0 Å². The van der Waals surface area contributed by atoms with E-state index in [9.17, 15) is 4.79 Å². The molecule has 0 aromatic rings. The third kappa shape index (κ3) is 3.26. The number of nitrogens with zero attached hydrogens (tertiary/aromatic N) is 1. The van der Waals surface area contributed by atoms with Gasteiger partial charge in [-0.25, -0.2) is 4.79 Å². The molecule has 0 aliphatic carbocycles. The zero-order chi connectivity index (χ0) is 12.3. The van der Waals surface area contributed by atoms with Crippen molar-refractivity contribution in [3.8, 4) is 0 Å². The van der Waals surface area contributed by atoms with Gasteiger partial charge in [0, 0.05) is 12.1 Å². The van der Waals surface area contributed by atoms with Crippen LogP contribution in [0.3, 0.4) is 0 Å². The summed E-state index contributed by atoms with van der Waals surface area (Å²) in [6, 6.07) is 0.544. The Balaban J connectivity index is 2.67. The molecule has 0 bridgehead atoms. The number of hydrogen-bond donors (Lipinski definition) is 0. The van der Waals surface area contributed by atoms with Crippen LogP contribution in [0.25, 0.3) is 0 Å². The highest BCUT2D eigenvalue weighted by molar-refractivity contribution is 5.69. The van der Waals surface area contributed by atoms with Gasteiger partial charge >= 0.3 is 6.09 Å². The fourth-order valence-electron chi connectivity index (χ4n) is 2.14. The summed E-state index contributed by atoms with van der Waals surface area (Å²) in [5, 5.41) is 0. The number of hydrogen-bond acceptors (Lipinski definition) is 2. The standard InChI is InChI=1S/C13H23NO2/c1-6-7-11-9-8-10(2)14(11)12(15)16-13(3,4)5/h6,10-11H,1,7-9H2,2-5H3/t10-,11?/m1/s1. The fraction of sp³-hybridized carbons (Fsp3) is 0.769. The van der Waals surface area contributed by atoms with Gasteiger partial charge in [0.25, 0.3) is 0 Å². The Morgan fingerprint density at radius 1 is 1.50 bits per heavy atom. The van der Waals surface area contributed by atoms with Crippen molar-refractivity contribution in [1.82, 2.24) is 4.90 Å². The molecule has 2 atom stereocenters. The topological polar surface area (TPSA) is 29.5 Å². The maximum Gasteiger partial charge on any atom is 0.410 e. The molecule has 1 aliphatic heterocycles. The fourth-order valence-corrected chi connectivity index (χ4v) is 2.14. The molecule has 3 heteroatoms. The zero-order valence-corrected chi connectivity index (χ0v) is 10.8. The molecule has 1 saturated heterocycles. The first-order valence-electron chi connectivity index (χ1n) is 5.97. The Morgan fingerprint density at radius 2 is 2.12 bits per heavy atom. The lowest BCUT2D eigenvalue weighted by atomic mass is 10.1. The van der Waals surface area contributed by atoms with Gasteiger partial charge in [-0.15, -0.1) is 6.58 Å². The normalized spacial score (nSPS) is 25.6. The third-order valence-corrected chi connectivity index (χ3v) is 2.83. The van der Waals surface area contributed by atoms with Gasteiger partial charge in [0.15, 0.2) is 0 Å². The summed E-state index contributed by atoms with van der Waals surface area (Å²) < 4.78 is 5.42. The van der Waals surface area contributed by atoms with Crippen molar-refractivity contribution >= 4 is 6.09 Å². The summed E-state index contributed by atoms with van der Waals surface area (Å²) in [4.78, 5) is 13.9. The molecule has 0 radical (unpaired) electrons. The van der Waals surface area contributed by atoms with Crippen LogP contribution in [-0.2, 0) is 4.74 Å². The van der Waals surface area contributed by atoms with E-state index in [1.165, 1.54) is 0 Å². The largest absolute Gasteiger partial charge is 0.444 e. The first-order valence-corrected chi connectivity index (χ1v) is 5.97. The molecule has 92 valence electrons. The van der Waals surface area contributed by atoms with Gasteiger partial charge in [-0.05, 0) is 47.0 Å². The Bertz CT molecular complexity index is 268. The number of ether oxygens (including phenoxy) is 1. The zero-order valence-electron chi connectivity index (χ0n) is 10.8. The van der Waals surface area contributed by atoms with E-state index < -0.39 is 5.60 Å². The van der Waals surface area contributed by atoms with E-state index in [0.29, 0.717) is 0 Å². The Hall–Kier alpha value is -0.990. The van der Waals surface area contributed by atoms with Gasteiger partial charge < -0.3 is 9.64 Å². The predicted molar refractivity (Wildman–Crippen MR) is 65.4 cm³/mol. The van der Waals surface area contributed by atoms with Gasteiger partial charge in [-0.3, -0.25) is 0 Å². The average molecular weight is 225 g/mol. The van der Waals surface area contributed by atoms with E-state index in [1.807, 2.05) is 31.7 Å². The van der Waals surface area contributed by atoms with Crippen LogP contribution < -0.4 is 0 Å². The summed E-state index contributed by atoms with van der Waals surface area (Å²) >= 11 is 0. The molecular formula is C13H23NO2. The minimum atomic E-state index is -0.419. The molecule has 16 heavy (non-hydrogen) atoms. The van der Waals surface area contributed by atoms with Crippen molar-refractivity contribution < 1.29 is 9.53 Å². The van der Waals surface area contributed by atoms with Crippen LogP contribution in [0, 0.1) is 0 Å². The van der Waals surface area contributed by atoms with E-state index in [1.54, 1.807) is 0 Å². The molecule has 1 rings (SSSR count). The lowest BCUT2D eigenvalue weighted by Crippen LogP contribution is -2.43. The van der Waals surface area contributed by atoms with E-state index in [0.717, 1.165) is 19.3 Å². The molecular weight excluding hydrogens is 202 g/mol. The second-order valence-electron chi connectivity index (χ2n) is 5.49. The quantitative estimate of drug-likeness (QED) is 0.674. The Labute approximate surface area is 98.5 Å². The van der Waals surface area contributed by atoms with Crippen molar-refractivity contribution in [2.45, 2.75) is 64.6 Å². The van der Waals surface area contributed by atoms with Gasteiger partial charge in [0.05, 0.1) is 0 Å². The highest BCUT2D eigenvalue weighted by Crippen LogP contribution is 2.28. The molecule has 1 amide bonds. The summed E-state index contributed by atoms with van der Waals surface area (Å²) in [5.74, 6) is 0. The lowest BCUT2D eigenvalue weighted by molar-refractivity contribution is 0.0163. The highest BCUT2D eigenvalue weighted by Gasteiger charge is 2.36. The number of amides is 1. The smallest absolute Gasteiger partial charge is 0.410 e.